The molecule has 0 aliphatic rings. The van der Waals surface area contributed by atoms with E-state index in [-0.39, 0.29) is 42.1 Å². The molecule has 0 saturated carbocycles. The lowest BCUT2D eigenvalue weighted by molar-refractivity contribution is -0.125. The second-order valence-corrected chi connectivity index (χ2v) is 11.3. The summed E-state index contributed by atoms with van der Waals surface area (Å²) in [6.45, 7) is 2.12. The van der Waals surface area contributed by atoms with Crippen LogP contribution < -0.4 is 14.8 Å². The van der Waals surface area contributed by atoms with Crippen LogP contribution in [0.2, 0.25) is 0 Å². The molecule has 236 valence electrons. The smallest absolute Gasteiger partial charge is 0.163 e. The number of ketones is 1. The van der Waals surface area contributed by atoms with E-state index in [1.807, 2.05) is 36.9 Å². The lowest BCUT2D eigenvalue weighted by atomic mass is 9.82. The molecule has 0 amide bonds. The van der Waals surface area contributed by atoms with Gasteiger partial charge in [0.05, 0.1) is 19.3 Å². The van der Waals surface area contributed by atoms with Crippen LogP contribution in [0.1, 0.15) is 35.6 Å². The Bertz CT molecular complexity index is 1440. The van der Waals surface area contributed by atoms with Gasteiger partial charge < -0.3 is 39.9 Å². The maximum Gasteiger partial charge on any atom is 0.163 e. The van der Waals surface area contributed by atoms with Crippen LogP contribution in [0.5, 0.6) is 23.0 Å². The second kappa shape index (κ2) is 16.0. The van der Waals surface area contributed by atoms with Crippen molar-refractivity contribution in [2.45, 2.75) is 51.2 Å². The van der Waals surface area contributed by atoms with Gasteiger partial charge in [-0.15, -0.1) is 0 Å². The predicted molar refractivity (Wildman–Crippen MR) is 167 cm³/mol. The van der Waals surface area contributed by atoms with E-state index in [2.05, 4.69) is 15.3 Å². The van der Waals surface area contributed by atoms with E-state index in [1.165, 1.54) is 7.11 Å². The van der Waals surface area contributed by atoms with Gasteiger partial charge in [-0.25, -0.2) is 0 Å². The Labute approximate surface area is 257 Å². The zero-order chi connectivity index (χ0) is 31.5. The van der Waals surface area contributed by atoms with Crippen molar-refractivity contribution in [3.8, 4) is 23.0 Å². The number of benzene rings is 2. The highest BCUT2D eigenvalue weighted by atomic mass is 16.5. The number of Topliss-reactive ketones (excluding diaryl/α,β-unsaturated/α-hetero) is 1. The van der Waals surface area contributed by atoms with Crippen molar-refractivity contribution >= 4 is 5.78 Å². The van der Waals surface area contributed by atoms with E-state index >= 15 is 0 Å². The summed E-state index contributed by atoms with van der Waals surface area (Å²) in [5.41, 5.74) is 3.71. The molecule has 7 N–H and O–H groups in total. The number of ether oxygens (including phenoxy) is 2. The van der Waals surface area contributed by atoms with E-state index in [0.717, 1.165) is 22.3 Å². The molecule has 0 bridgehead atoms. The molecular weight excluding hydrogens is 562 g/mol. The van der Waals surface area contributed by atoms with E-state index < -0.39 is 18.1 Å². The Kier molecular flexibility index (Phi) is 11.9. The number of aliphatic hydroxyl groups excluding tert-OH is 2. The summed E-state index contributed by atoms with van der Waals surface area (Å²) in [4.78, 5) is 20.0. The van der Waals surface area contributed by atoms with Gasteiger partial charge in [0.2, 0.25) is 0 Å². The second-order valence-electron chi connectivity index (χ2n) is 11.3. The van der Waals surface area contributed by atoms with E-state index in [0.29, 0.717) is 38.0 Å². The van der Waals surface area contributed by atoms with Crippen LogP contribution in [0, 0.1) is 11.8 Å². The maximum atomic E-state index is 13.9. The number of aromatic hydroxyl groups is 2. The first kappa shape index (κ1) is 32.7. The molecule has 44 heavy (non-hydrogen) atoms. The molecule has 4 atom stereocenters. The number of aromatic amines is 2. The van der Waals surface area contributed by atoms with Crippen LogP contribution in [-0.2, 0) is 30.5 Å². The van der Waals surface area contributed by atoms with Crippen molar-refractivity contribution in [3.63, 3.8) is 0 Å². The van der Waals surface area contributed by atoms with Crippen LogP contribution in [0.3, 0.4) is 0 Å². The van der Waals surface area contributed by atoms with Gasteiger partial charge in [0.1, 0.15) is 12.5 Å². The molecule has 2 heterocycles. The minimum atomic E-state index is -0.912. The largest absolute Gasteiger partial charge is 0.504 e. The summed E-state index contributed by atoms with van der Waals surface area (Å²) < 4.78 is 10.9. The average Bonchev–Trinajstić information content (AvgIpc) is 3.71. The number of aliphatic hydroxyl groups is 2. The Morgan fingerprint density at radius 2 is 1.39 bits per heavy atom. The third kappa shape index (κ3) is 9.63. The molecule has 2 aromatic carbocycles. The highest BCUT2D eigenvalue weighted by molar-refractivity contribution is 5.82. The number of H-pyrrole nitrogens is 2. The van der Waals surface area contributed by atoms with Crippen LogP contribution >= 0.6 is 0 Å². The first-order valence-electron chi connectivity index (χ1n) is 14.8. The topological polar surface area (TPSA) is 160 Å². The molecule has 4 rings (SSSR count). The molecule has 0 unspecified atom stereocenters. The van der Waals surface area contributed by atoms with Gasteiger partial charge >= 0.3 is 0 Å². The number of phenols is 2. The van der Waals surface area contributed by atoms with Crippen molar-refractivity contribution in [2.24, 2.45) is 11.8 Å². The fourth-order valence-corrected chi connectivity index (χ4v) is 5.38. The Balaban J connectivity index is 1.50. The van der Waals surface area contributed by atoms with Gasteiger partial charge in [0.25, 0.3) is 0 Å². The van der Waals surface area contributed by atoms with Crippen LogP contribution in [0.25, 0.3) is 0 Å². The number of phenolic OH excluding ortho intramolecular Hbond substituents is 2. The Hall–Kier alpha value is -4.25. The molecule has 10 nitrogen and oxygen atoms in total. The Morgan fingerprint density at radius 3 is 2.00 bits per heavy atom. The van der Waals surface area contributed by atoms with Gasteiger partial charge in [-0.2, -0.15) is 0 Å². The molecule has 0 saturated heterocycles. The predicted octanol–water partition coefficient (Wildman–Crippen LogP) is 3.89. The number of methoxy groups -OCH3 is 1. The lowest BCUT2D eigenvalue weighted by Crippen LogP contribution is -2.31. The summed E-state index contributed by atoms with van der Waals surface area (Å²) >= 11 is 0. The zero-order valence-corrected chi connectivity index (χ0v) is 25.2. The SMILES string of the molecule is COc1cc(C[C@H](Cc2cc[nH]c2)[C@H](O)CC(=O)[C@H](Cc2cc[nH]c2)Cc2ccc(O)c(OCNC[C@H](C)O)c2)ccc1O. The molecule has 10 heteroatoms. The van der Waals surface area contributed by atoms with Crippen molar-refractivity contribution in [1.29, 1.82) is 0 Å². The summed E-state index contributed by atoms with van der Waals surface area (Å²) in [5, 5.41) is 44.3. The number of nitrogens with one attached hydrogen (secondary N) is 3. The monoisotopic (exact) mass is 605 g/mol. The summed E-state index contributed by atoms with van der Waals surface area (Å²) in [7, 11) is 1.49. The third-order valence-electron chi connectivity index (χ3n) is 7.73. The quantitative estimate of drug-likeness (QED) is 0.0664. The number of carbonyl (C=O) groups is 1. The zero-order valence-electron chi connectivity index (χ0n) is 25.2. The van der Waals surface area contributed by atoms with Crippen molar-refractivity contribution in [1.82, 2.24) is 15.3 Å². The highest BCUT2D eigenvalue weighted by Gasteiger charge is 2.28. The van der Waals surface area contributed by atoms with Gasteiger partial charge in [-0.3, -0.25) is 10.1 Å². The van der Waals surface area contributed by atoms with E-state index in [4.69, 9.17) is 9.47 Å². The number of carbonyl (C=O) groups excluding carboxylic acids is 1. The first-order chi connectivity index (χ1) is 21.2. The first-order valence-corrected chi connectivity index (χ1v) is 14.8. The Morgan fingerprint density at radius 1 is 0.818 bits per heavy atom. The third-order valence-corrected chi connectivity index (χ3v) is 7.73. The molecule has 0 aliphatic carbocycles. The van der Waals surface area contributed by atoms with Gasteiger partial charge in [0.15, 0.2) is 23.0 Å². The molecule has 0 spiro atoms. The van der Waals surface area contributed by atoms with E-state index in [1.54, 1.807) is 43.3 Å². The number of aromatic nitrogens is 2. The molecular formula is C34H43N3O7. The molecule has 2 aromatic heterocycles. The van der Waals surface area contributed by atoms with Gasteiger partial charge in [-0.05, 0) is 97.2 Å². The fraction of sp³-hybridized carbons (Fsp3) is 0.382. The minimum Gasteiger partial charge on any atom is -0.504 e. The highest BCUT2D eigenvalue weighted by Crippen LogP contribution is 2.31. The summed E-state index contributed by atoms with van der Waals surface area (Å²) in [6, 6.07) is 14.1. The fourth-order valence-electron chi connectivity index (χ4n) is 5.38. The lowest BCUT2D eigenvalue weighted by Gasteiger charge is -2.25. The summed E-state index contributed by atoms with van der Waals surface area (Å²) in [5.74, 6) is -0.0845. The van der Waals surface area contributed by atoms with Gasteiger partial charge in [0, 0.05) is 43.7 Å². The number of rotatable bonds is 18. The maximum absolute atomic E-state index is 13.9. The van der Waals surface area contributed by atoms with Crippen molar-refractivity contribution in [2.75, 3.05) is 20.4 Å². The average molecular weight is 606 g/mol. The van der Waals surface area contributed by atoms with Gasteiger partial charge in [-0.1, -0.05) is 12.1 Å². The van der Waals surface area contributed by atoms with Crippen LogP contribution in [0.4, 0.5) is 0 Å². The van der Waals surface area contributed by atoms with Crippen LogP contribution in [0.15, 0.2) is 73.3 Å². The molecule has 0 fully saturated rings. The number of hydrogen-bond acceptors (Lipinski definition) is 8. The molecule has 0 radical (unpaired) electrons. The van der Waals surface area contributed by atoms with Crippen molar-refractivity contribution in [3.05, 3.63) is 95.6 Å². The summed E-state index contributed by atoms with van der Waals surface area (Å²) in [6.07, 6.45) is 7.87. The molecule has 4 aromatic rings. The van der Waals surface area contributed by atoms with E-state index in [9.17, 15) is 25.2 Å². The minimum absolute atomic E-state index is 0.0185. The standard InChI is InChI=1S/C34H43N3O7/c1-22(38)18-37-21-44-34-16-24(4-6-30(34)40)12-28(14-26-8-10-36-20-26)32(42)17-31(41)27(13-25-7-9-35-19-25)11-23-3-5-29(39)33(15-23)43-2/h3-10,15-16,19-20,22,27-28,31,35-41H,11-14,17-18,21H2,1-2H3/t22-,27+,28-,31+/m0/s1. The molecule has 0 aliphatic heterocycles. The number of hydrogen-bond donors (Lipinski definition) is 7. The van der Waals surface area contributed by atoms with Crippen LogP contribution in [-0.4, -0.2) is 68.8 Å². The van der Waals surface area contributed by atoms with Crippen molar-refractivity contribution < 1.29 is 34.7 Å². The normalized spacial score (nSPS) is 14.1.